The number of ether oxygens (including phenoxy) is 1. The zero-order valence-electron chi connectivity index (χ0n) is 12.7. The van der Waals surface area contributed by atoms with Crippen LogP contribution in [0, 0.1) is 11.2 Å². The fraction of sp³-hybridized carbons (Fsp3) is 0.278. The standard InChI is InChI=1S/C18H19FO3/c1-18(2,17(20)21)11-14-8-9-16(15(19)10-14)22-12-13-6-4-3-5-7-13/h3-10H,11-12H2,1-2H3,(H,20,21). The molecule has 0 radical (unpaired) electrons. The smallest absolute Gasteiger partial charge is 0.309 e. The quantitative estimate of drug-likeness (QED) is 0.875. The molecule has 4 heteroatoms. The Morgan fingerprint density at radius 3 is 2.41 bits per heavy atom. The molecule has 0 fully saturated rings. The highest BCUT2D eigenvalue weighted by atomic mass is 19.1. The van der Waals surface area contributed by atoms with Crippen molar-refractivity contribution in [2.75, 3.05) is 0 Å². The molecule has 2 rings (SSSR count). The lowest BCUT2D eigenvalue weighted by Gasteiger charge is -2.19. The number of halogens is 1. The molecular weight excluding hydrogens is 283 g/mol. The molecule has 0 amide bonds. The van der Waals surface area contributed by atoms with Gasteiger partial charge in [-0.25, -0.2) is 4.39 Å². The number of hydrogen-bond donors (Lipinski definition) is 1. The van der Waals surface area contributed by atoms with Gasteiger partial charge in [0, 0.05) is 0 Å². The van der Waals surface area contributed by atoms with Gasteiger partial charge in [0.05, 0.1) is 5.41 Å². The first-order valence-electron chi connectivity index (χ1n) is 7.07. The van der Waals surface area contributed by atoms with Gasteiger partial charge in [-0.1, -0.05) is 36.4 Å². The third kappa shape index (κ3) is 4.07. The second-order valence-electron chi connectivity index (χ2n) is 5.90. The Bertz CT molecular complexity index is 651. The van der Waals surface area contributed by atoms with Crippen molar-refractivity contribution in [3.05, 3.63) is 65.5 Å². The van der Waals surface area contributed by atoms with E-state index in [2.05, 4.69) is 0 Å². The summed E-state index contributed by atoms with van der Waals surface area (Å²) in [7, 11) is 0. The molecule has 0 aliphatic carbocycles. The van der Waals surface area contributed by atoms with E-state index in [0.717, 1.165) is 5.56 Å². The Balaban J connectivity index is 2.05. The zero-order chi connectivity index (χ0) is 16.2. The minimum absolute atomic E-state index is 0.167. The average Bonchev–Trinajstić information content (AvgIpc) is 2.47. The summed E-state index contributed by atoms with van der Waals surface area (Å²) in [6.07, 6.45) is 0.262. The first-order valence-corrected chi connectivity index (χ1v) is 7.07. The van der Waals surface area contributed by atoms with Gasteiger partial charge >= 0.3 is 5.97 Å². The maximum Gasteiger partial charge on any atom is 0.309 e. The molecule has 0 saturated heterocycles. The SMILES string of the molecule is CC(C)(Cc1ccc(OCc2ccccc2)c(F)c1)C(=O)O. The average molecular weight is 302 g/mol. The summed E-state index contributed by atoms with van der Waals surface area (Å²) in [6.45, 7) is 3.53. The van der Waals surface area contributed by atoms with Crippen molar-refractivity contribution >= 4 is 5.97 Å². The Morgan fingerprint density at radius 1 is 1.14 bits per heavy atom. The number of hydrogen-bond acceptors (Lipinski definition) is 2. The lowest BCUT2D eigenvalue weighted by Crippen LogP contribution is -2.26. The van der Waals surface area contributed by atoms with E-state index < -0.39 is 17.2 Å². The maximum atomic E-state index is 14.1. The topological polar surface area (TPSA) is 46.5 Å². The van der Waals surface area contributed by atoms with Crippen LogP contribution >= 0.6 is 0 Å². The van der Waals surface area contributed by atoms with Crippen LogP contribution in [0.25, 0.3) is 0 Å². The molecular formula is C18H19FO3. The summed E-state index contributed by atoms with van der Waals surface area (Å²) in [5.41, 5.74) is 0.661. The van der Waals surface area contributed by atoms with Crippen LogP contribution in [0.2, 0.25) is 0 Å². The van der Waals surface area contributed by atoms with E-state index in [0.29, 0.717) is 5.56 Å². The van der Waals surface area contributed by atoms with Crippen LogP contribution in [0.4, 0.5) is 4.39 Å². The van der Waals surface area contributed by atoms with Crippen LogP contribution in [-0.4, -0.2) is 11.1 Å². The van der Waals surface area contributed by atoms with Crippen LogP contribution in [0.15, 0.2) is 48.5 Å². The van der Waals surface area contributed by atoms with E-state index in [9.17, 15) is 9.18 Å². The van der Waals surface area contributed by atoms with Gasteiger partial charge in [0.25, 0.3) is 0 Å². The van der Waals surface area contributed by atoms with Gasteiger partial charge in [0.15, 0.2) is 11.6 Å². The third-order valence-electron chi connectivity index (χ3n) is 3.46. The van der Waals surface area contributed by atoms with Gasteiger partial charge in [-0.15, -0.1) is 0 Å². The summed E-state index contributed by atoms with van der Waals surface area (Å²) < 4.78 is 19.5. The highest BCUT2D eigenvalue weighted by Gasteiger charge is 2.27. The Morgan fingerprint density at radius 2 is 1.82 bits per heavy atom. The number of aliphatic carboxylic acids is 1. The predicted octanol–water partition coefficient (Wildman–Crippen LogP) is 4.06. The van der Waals surface area contributed by atoms with E-state index in [-0.39, 0.29) is 18.8 Å². The van der Waals surface area contributed by atoms with Gasteiger partial charge in [-0.05, 0) is 43.5 Å². The number of carbonyl (C=O) groups is 1. The van der Waals surface area contributed by atoms with Gasteiger partial charge < -0.3 is 9.84 Å². The molecule has 0 aliphatic heterocycles. The first kappa shape index (κ1) is 16.0. The summed E-state index contributed by atoms with van der Waals surface area (Å²) in [4.78, 5) is 11.1. The molecule has 2 aromatic rings. The van der Waals surface area contributed by atoms with E-state index in [1.165, 1.54) is 6.07 Å². The summed E-state index contributed by atoms with van der Waals surface area (Å²) in [6, 6.07) is 14.1. The van der Waals surface area contributed by atoms with E-state index >= 15 is 0 Å². The van der Waals surface area contributed by atoms with Crippen LogP contribution < -0.4 is 4.74 Å². The summed E-state index contributed by atoms with van der Waals surface area (Å²) in [5.74, 6) is -1.22. The number of carboxylic acids is 1. The largest absolute Gasteiger partial charge is 0.486 e. The second kappa shape index (κ2) is 6.60. The van der Waals surface area contributed by atoms with E-state index in [1.807, 2.05) is 30.3 Å². The van der Waals surface area contributed by atoms with Crippen LogP contribution in [0.1, 0.15) is 25.0 Å². The molecule has 0 aromatic heterocycles. The highest BCUT2D eigenvalue weighted by Crippen LogP contribution is 2.26. The molecule has 0 aliphatic rings. The molecule has 0 atom stereocenters. The molecule has 0 heterocycles. The van der Waals surface area contributed by atoms with Crippen molar-refractivity contribution in [2.24, 2.45) is 5.41 Å². The molecule has 0 bridgehead atoms. The minimum atomic E-state index is -0.932. The van der Waals surface area contributed by atoms with Crippen molar-refractivity contribution < 1.29 is 19.0 Å². The molecule has 116 valence electrons. The first-order chi connectivity index (χ1) is 10.4. The Hall–Kier alpha value is -2.36. The van der Waals surface area contributed by atoms with Crippen molar-refractivity contribution in [1.82, 2.24) is 0 Å². The molecule has 3 nitrogen and oxygen atoms in total. The normalized spacial score (nSPS) is 11.2. The van der Waals surface area contributed by atoms with Gasteiger partial charge in [0.2, 0.25) is 0 Å². The highest BCUT2D eigenvalue weighted by molar-refractivity contribution is 5.74. The molecule has 0 spiro atoms. The maximum absolute atomic E-state index is 14.1. The number of carboxylic acid groups (broad SMARTS) is 1. The monoisotopic (exact) mass is 302 g/mol. The van der Waals surface area contributed by atoms with Crippen molar-refractivity contribution in [3.8, 4) is 5.75 Å². The predicted molar refractivity (Wildman–Crippen MR) is 82.3 cm³/mol. The Labute approximate surface area is 129 Å². The van der Waals surface area contributed by atoms with Crippen molar-refractivity contribution in [2.45, 2.75) is 26.9 Å². The fourth-order valence-corrected chi connectivity index (χ4v) is 2.09. The number of rotatable bonds is 6. The lowest BCUT2D eigenvalue weighted by molar-refractivity contribution is -0.146. The molecule has 0 unspecified atom stereocenters. The second-order valence-corrected chi connectivity index (χ2v) is 5.90. The van der Waals surface area contributed by atoms with Crippen LogP contribution in [0.3, 0.4) is 0 Å². The van der Waals surface area contributed by atoms with Gasteiger partial charge in [-0.3, -0.25) is 4.79 Å². The molecule has 1 N–H and O–H groups in total. The Kier molecular flexibility index (Phi) is 4.81. The molecule has 22 heavy (non-hydrogen) atoms. The van der Waals surface area contributed by atoms with Crippen LogP contribution in [0.5, 0.6) is 5.75 Å². The number of benzene rings is 2. The minimum Gasteiger partial charge on any atom is -0.486 e. The van der Waals surface area contributed by atoms with E-state index in [1.54, 1.807) is 26.0 Å². The van der Waals surface area contributed by atoms with Crippen LogP contribution in [-0.2, 0) is 17.8 Å². The van der Waals surface area contributed by atoms with Gasteiger partial charge in [-0.2, -0.15) is 0 Å². The molecule has 0 saturated carbocycles. The van der Waals surface area contributed by atoms with Crippen molar-refractivity contribution in [1.29, 1.82) is 0 Å². The zero-order valence-corrected chi connectivity index (χ0v) is 12.7. The fourth-order valence-electron chi connectivity index (χ4n) is 2.09. The lowest BCUT2D eigenvalue weighted by atomic mass is 9.86. The summed E-state index contributed by atoms with van der Waals surface area (Å²) >= 11 is 0. The summed E-state index contributed by atoms with van der Waals surface area (Å²) in [5, 5.41) is 9.12. The van der Waals surface area contributed by atoms with E-state index in [4.69, 9.17) is 9.84 Å². The van der Waals surface area contributed by atoms with Crippen molar-refractivity contribution in [3.63, 3.8) is 0 Å². The van der Waals surface area contributed by atoms with Gasteiger partial charge in [0.1, 0.15) is 6.61 Å². The molecule has 2 aromatic carbocycles. The third-order valence-corrected chi connectivity index (χ3v) is 3.46.